The Balaban J connectivity index is 1.83. The van der Waals surface area contributed by atoms with Crippen LogP contribution in [0.2, 0.25) is 0 Å². The van der Waals surface area contributed by atoms with E-state index in [9.17, 15) is 4.79 Å². The Bertz CT molecular complexity index is 586. The highest BCUT2D eigenvalue weighted by molar-refractivity contribution is 5.95. The number of hydrogen-bond donors (Lipinski definition) is 2. The van der Waals surface area contributed by atoms with Crippen molar-refractivity contribution in [2.75, 3.05) is 19.6 Å². The van der Waals surface area contributed by atoms with Crippen LogP contribution in [-0.2, 0) is 4.79 Å². The number of nitrogens with one attached hydrogen (secondary N) is 2. The molecule has 0 aliphatic carbocycles. The summed E-state index contributed by atoms with van der Waals surface area (Å²) in [6.45, 7) is 6.50. The Morgan fingerprint density at radius 3 is 2.90 bits per heavy atom. The van der Waals surface area contributed by atoms with E-state index >= 15 is 0 Å². The lowest BCUT2D eigenvalue weighted by Gasteiger charge is -2.35. The summed E-state index contributed by atoms with van der Waals surface area (Å²) in [4.78, 5) is 17.9. The van der Waals surface area contributed by atoms with E-state index in [1.54, 1.807) is 0 Å². The quantitative estimate of drug-likeness (QED) is 0.876. The molecule has 105 valence electrons. The molecule has 1 saturated heterocycles. The average molecular weight is 270 g/mol. The van der Waals surface area contributed by atoms with E-state index in [2.05, 4.69) is 29.4 Å². The summed E-state index contributed by atoms with van der Waals surface area (Å²) in [5.41, 5.74) is 1.99. The van der Waals surface area contributed by atoms with Gasteiger partial charge in [-0.1, -0.05) is 18.2 Å². The maximum absolute atomic E-state index is 12.6. The molecular weight excluding hydrogens is 250 g/mol. The van der Waals surface area contributed by atoms with Crippen molar-refractivity contribution in [1.29, 1.82) is 0 Å². The number of aromatic nitrogens is 1. The highest BCUT2D eigenvalue weighted by atomic mass is 16.2. The van der Waals surface area contributed by atoms with Gasteiger partial charge in [-0.3, -0.25) is 4.79 Å². The van der Waals surface area contributed by atoms with E-state index in [0.717, 1.165) is 42.1 Å². The predicted molar refractivity (Wildman–Crippen MR) is 80.4 cm³/mol. The summed E-state index contributed by atoms with van der Waals surface area (Å²) in [7, 11) is 0. The van der Waals surface area contributed by atoms with Crippen LogP contribution < -0.4 is 5.32 Å². The Morgan fingerprint density at radius 1 is 1.35 bits per heavy atom. The molecule has 3 rings (SSSR count). The third-order valence-electron chi connectivity index (χ3n) is 4.02. The smallest absolute Gasteiger partial charge is 0.236 e. The van der Waals surface area contributed by atoms with Gasteiger partial charge in [-0.05, 0) is 31.4 Å². The number of H-pyrrole nitrogens is 1. The summed E-state index contributed by atoms with van der Waals surface area (Å²) >= 11 is 0. The predicted octanol–water partition coefficient (Wildman–Crippen LogP) is 1.93. The van der Waals surface area contributed by atoms with Gasteiger partial charge < -0.3 is 15.2 Å². The number of aromatic amines is 1. The molecule has 0 bridgehead atoms. The number of rotatable bonds is 2. The van der Waals surface area contributed by atoms with Crippen LogP contribution in [0.25, 0.3) is 10.9 Å². The number of benzene rings is 1. The molecule has 1 radical (unpaired) electrons. The number of carbonyl (C=O) groups is 1. The summed E-state index contributed by atoms with van der Waals surface area (Å²) in [5.74, 6) is 0.917. The minimum absolute atomic E-state index is 0.130. The molecule has 2 aromatic rings. The van der Waals surface area contributed by atoms with Crippen molar-refractivity contribution >= 4 is 16.8 Å². The molecule has 0 saturated carbocycles. The van der Waals surface area contributed by atoms with Gasteiger partial charge in [0.25, 0.3) is 0 Å². The van der Waals surface area contributed by atoms with Crippen molar-refractivity contribution in [2.24, 2.45) is 0 Å². The number of carbonyl (C=O) groups excluding carboxylic acids is 1. The number of nitrogens with zero attached hydrogens (tertiary/aromatic N) is 1. The summed E-state index contributed by atoms with van der Waals surface area (Å²) in [6, 6.07) is 10.4. The second-order valence-electron chi connectivity index (χ2n) is 5.45. The fraction of sp³-hybridized carbons (Fsp3) is 0.375. The van der Waals surface area contributed by atoms with Crippen LogP contribution >= 0.6 is 0 Å². The topological polar surface area (TPSA) is 48.1 Å². The van der Waals surface area contributed by atoms with Crippen molar-refractivity contribution in [3.05, 3.63) is 41.9 Å². The second-order valence-corrected chi connectivity index (χ2v) is 5.45. The molecule has 0 spiro atoms. The van der Waals surface area contributed by atoms with E-state index < -0.39 is 0 Å². The SMILES string of the molecule is C[C](C(=O)N1CCNCC1C)c1cc2ccccc2[nH]1. The van der Waals surface area contributed by atoms with Crippen molar-refractivity contribution in [2.45, 2.75) is 19.9 Å². The van der Waals surface area contributed by atoms with Crippen molar-refractivity contribution in [3.8, 4) is 0 Å². The molecule has 1 aliphatic rings. The fourth-order valence-corrected chi connectivity index (χ4v) is 2.75. The normalized spacial score (nSPS) is 19.8. The lowest BCUT2D eigenvalue weighted by molar-refractivity contribution is -0.131. The number of para-hydroxylation sites is 1. The maximum Gasteiger partial charge on any atom is 0.236 e. The fourth-order valence-electron chi connectivity index (χ4n) is 2.75. The van der Waals surface area contributed by atoms with Gasteiger partial charge in [-0.2, -0.15) is 0 Å². The third kappa shape index (κ3) is 2.31. The number of amides is 1. The zero-order valence-electron chi connectivity index (χ0n) is 11.9. The molecular formula is C16H20N3O. The minimum atomic E-state index is 0.130. The first kappa shape index (κ1) is 13.2. The highest BCUT2D eigenvalue weighted by Gasteiger charge is 2.28. The van der Waals surface area contributed by atoms with Gasteiger partial charge in [-0.15, -0.1) is 0 Å². The average Bonchev–Trinajstić information content (AvgIpc) is 2.90. The van der Waals surface area contributed by atoms with Gasteiger partial charge in [0, 0.05) is 36.9 Å². The molecule has 1 amide bonds. The molecule has 20 heavy (non-hydrogen) atoms. The lowest BCUT2D eigenvalue weighted by atomic mass is 10.0. The third-order valence-corrected chi connectivity index (χ3v) is 4.02. The van der Waals surface area contributed by atoms with Gasteiger partial charge in [0.2, 0.25) is 5.91 Å². The molecule has 2 heterocycles. The first-order valence-corrected chi connectivity index (χ1v) is 7.10. The van der Waals surface area contributed by atoms with Gasteiger partial charge in [-0.25, -0.2) is 0 Å². The van der Waals surface area contributed by atoms with E-state index in [4.69, 9.17) is 0 Å². The van der Waals surface area contributed by atoms with E-state index in [1.807, 2.05) is 30.0 Å². The van der Waals surface area contributed by atoms with Gasteiger partial charge in [0.15, 0.2) is 0 Å². The van der Waals surface area contributed by atoms with Crippen molar-refractivity contribution in [1.82, 2.24) is 15.2 Å². The van der Waals surface area contributed by atoms with Crippen LogP contribution in [0.5, 0.6) is 0 Å². The second kappa shape index (κ2) is 5.29. The Morgan fingerprint density at radius 2 is 2.15 bits per heavy atom. The summed E-state index contributed by atoms with van der Waals surface area (Å²) in [6.07, 6.45) is 0. The number of fused-ring (bicyclic) bond motifs is 1. The lowest BCUT2D eigenvalue weighted by Crippen LogP contribution is -2.53. The van der Waals surface area contributed by atoms with E-state index in [1.165, 1.54) is 0 Å². The molecule has 1 fully saturated rings. The van der Waals surface area contributed by atoms with E-state index in [0.29, 0.717) is 0 Å². The van der Waals surface area contributed by atoms with Crippen LogP contribution in [0, 0.1) is 5.92 Å². The van der Waals surface area contributed by atoms with Crippen LogP contribution in [0.1, 0.15) is 19.5 Å². The zero-order valence-corrected chi connectivity index (χ0v) is 11.9. The number of piperazine rings is 1. The Hall–Kier alpha value is -1.81. The molecule has 4 heteroatoms. The molecule has 1 aliphatic heterocycles. The van der Waals surface area contributed by atoms with Gasteiger partial charge in [0.1, 0.15) is 5.92 Å². The first-order valence-electron chi connectivity index (χ1n) is 7.10. The Labute approximate surface area is 119 Å². The molecule has 1 aromatic carbocycles. The minimum Gasteiger partial charge on any atom is -0.357 e. The standard InChI is InChI=1S/C16H20N3O/c1-11-10-17-7-8-19(11)16(20)12(2)15-9-13-5-3-4-6-14(13)18-15/h3-6,9,11,17-18H,7-8,10H2,1-2H3. The highest BCUT2D eigenvalue weighted by Crippen LogP contribution is 2.23. The van der Waals surface area contributed by atoms with Crippen LogP contribution in [0.3, 0.4) is 0 Å². The van der Waals surface area contributed by atoms with Crippen molar-refractivity contribution < 1.29 is 4.79 Å². The van der Waals surface area contributed by atoms with Gasteiger partial charge >= 0.3 is 0 Å². The summed E-state index contributed by atoms with van der Waals surface area (Å²) in [5, 5.41) is 4.45. The molecule has 4 nitrogen and oxygen atoms in total. The molecule has 1 aromatic heterocycles. The molecule has 1 atom stereocenters. The van der Waals surface area contributed by atoms with Crippen LogP contribution in [0.15, 0.2) is 30.3 Å². The molecule has 1 unspecified atom stereocenters. The summed E-state index contributed by atoms with van der Waals surface area (Å²) < 4.78 is 0. The van der Waals surface area contributed by atoms with E-state index in [-0.39, 0.29) is 11.9 Å². The first-order chi connectivity index (χ1) is 9.66. The van der Waals surface area contributed by atoms with Crippen LogP contribution in [-0.4, -0.2) is 41.5 Å². The monoisotopic (exact) mass is 270 g/mol. The van der Waals surface area contributed by atoms with Gasteiger partial charge in [0.05, 0.1) is 0 Å². The largest absolute Gasteiger partial charge is 0.357 e. The Kier molecular flexibility index (Phi) is 3.49. The van der Waals surface area contributed by atoms with Crippen LogP contribution in [0.4, 0.5) is 0 Å². The molecule has 2 N–H and O–H groups in total. The van der Waals surface area contributed by atoms with Crippen molar-refractivity contribution in [3.63, 3.8) is 0 Å². The zero-order chi connectivity index (χ0) is 14.1. The maximum atomic E-state index is 12.6. The number of hydrogen-bond acceptors (Lipinski definition) is 2.